The van der Waals surface area contributed by atoms with Gasteiger partial charge < -0.3 is 15.2 Å². The standard InChI is InChI=1S/C18H21NO3/c1-22-17-13-15(7-9-16(17)20)8-10-18(21)19-12-11-14-5-3-2-4-6-14/h2-7,9,13,20H,8,10-12H2,1H3,(H,19,21). The van der Waals surface area contributed by atoms with Crippen molar-refractivity contribution >= 4 is 5.91 Å². The first-order valence-corrected chi connectivity index (χ1v) is 7.35. The third kappa shape index (κ3) is 4.81. The molecule has 2 N–H and O–H groups in total. The second kappa shape index (κ2) is 8.08. The van der Waals surface area contributed by atoms with Gasteiger partial charge >= 0.3 is 0 Å². The van der Waals surface area contributed by atoms with Crippen LogP contribution in [0, 0.1) is 0 Å². The number of ether oxygens (including phenoxy) is 1. The van der Waals surface area contributed by atoms with Gasteiger partial charge in [-0.1, -0.05) is 36.4 Å². The molecule has 0 radical (unpaired) electrons. The van der Waals surface area contributed by atoms with E-state index in [4.69, 9.17) is 4.74 Å². The number of aryl methyl sites for hydroxylation is 1. The number of methoxy groups -OCH3 is 1. The van der Waals surface area contributed by atoms with Crippen LogP contribution in [0.15, 0.2) is 48.5 Å². The average Bonchev–Trinajstić information content (AvgIpc) is 2.55. The summed E-state index contributed by atoms with van der Waals surface area (Å²) >= 11 is 0. The lowest BCUT2D eigenvalue weighted by Gasteiger charge is -2.08. The van der Waals surface area contributed by atoms with Crippen LogP contribution in [0.2, 0.25) is 0 Å². The smallest absolute Gasteiger partial charge is 0.220 e. The largest absolute Gasteiger partial charge is 0.504 e. The second-order valence-corrected chi connectivity index (χ2v) is 5.09. The number of nitrogens with one attached hydrogen (secondary N) is 1. The van der Waals surface area contributed by atoms with Crippen LogP contribution < -0.4 is 10.1 Å². The highest BCUT2D eigenvalue weighted by atomic mass is 16.5. The maximum atomic E-state index is 11.8. The minimum Gasteiger partial charge on any atom is -0.504 e. The molecule has 2 rings (SSSR count). The Balaban J connectivity index is 1.73. The molecule has 2 aromatic rings. The highest BCUT2D eigenvalue weighted by molar-refractivity contribution is 5.76. The third-order valence-corrected chi connectivity index (χ3v) is 3.46. The number of phenols is 1. The summed E-state index contributed by atoms with van der Waals surface area (Å²) in [5.41, 5.74) is 2.18. The van der Waals surface area contributed by atoms with E-state index in [0.29, 0.717) is 25.1 Å². The van der Waals surface area contributed by atoms with Crippen LogP contribution in [0.4, 0.5) is 0 Å². The normalized spacial score (nSPS) is 10.2. The molecule has 2 aromatic carbocycles. The van der Waals surface area contributed by atoms with Crippen LogP contribution in [0.3, 0.4) is 0 Å². The molecule has 4 heteroatoms. The van der Waals surface area contributed by atoms with Gasteiger partial charge in [0.05, 0.1) is 7.11 Å². The van der Waals surface area contributed by atoms with Crippen LogP contribution in [-0.4, -0.2) is 24.7 Å². The van der Waals surface area contributed by atoms with Gasteiger partial charge in [0.1, 0.15) is 0 Å². The summed E-state index contributed by atoms with van der Waals surface area (Å²) in [6.45, 7) is 0.641. The number of benzene rings is 2. The lowest BCUT2D eigenvalue weighted by Crippen LogP contribution is -2.25. The summed E-state index contributed by atoms with van der Waals surface area (Å²) in [7, 11) is 1.51. The van der Waals surface area contributed by atoms with Gasteiger partial charge in [-0.2, -0.15) is 0 Å². The molecule has 4 nitrogen and oxygen atoms in total. The molecule has 0 aliphatic carbocycles. The Bertz CT molecular complexity index is 611. The first kappa shape index (κ1) is 15.9. The number of amides is 1. The molecule has 0 spiro atoms. The van der Waals surface area contributed by atoms with Crippen LogP contribution >= 0.6 is 0 Å². The molecular formula is C18H21NO3. The molecule has 0 unspecified atom stereocenters. The summed E-state index contributed by atoms with van der Waals surface area (Å²) in [5.74, 6) is 0.573. The topological polar surface area (TPSA) is 58.6 Å². The molecule has 0 fully saturated rings. The highest BCUT2D eigenvalue weighted by Gasteiger charge is 2.05. The Hall–Kier alpha value is -2.49. The number of hydrogen-bond donors (Lipinski definition) is 2. The fraction of sp³-hybridized carbons (Fsp3) is 0.278. The van der Waals surface area contributed by atoms with Gasteiger partial charge in [-0.05, 0) is 36.1 Å². The molecule has 0 aliphatic rings. The van der Waals surface area contributed by atoms with Crippen molar-refractivity contribution in [3.63, 3.8) is 0 Å². The van der Waals surface area contributed by atoms with Crippen LogP contribution in [0.5, 0.6) is 11.5 Å². The molecule has 0 aromatic heterocycles. The van der Waals surface area contributed by atoms with Gasteiger partial charge in [0.15, 0.2) is 11.5 Å². The van der Waals surface area contributed by atoms with E-state index in [-0.39, 0.29) is 11.7 Å². The molecule has 0 saturated heterocycles. The van der Waals surface area contributed by atoms with Gasteiger partial charge in [-0.3, -0.25) is 4.79 Å². The summed E-state index contributed by atoms with van der Waals surface area (Å²) in [5, 5.41) is 12.5. The van der Waals surface area contributed by atoms with E-state index >= 15 is 0 Å². The fourth-order valence-electron chi connectivity index (χ4n) is 2.21. The van der Waals surface area contributed by atoms with Crippen LogP contribution in [-0.2, 0) is 17.6 Å². The van der Waals surface area contributed by atoms with Gasteiger partial charge in [-0.15, -0.1) is 0 Å². The number of phenolic OH excluding ortho intramolecular Hbond substituents is 1. The number of carbonyl (C=O) groups is 1. The first-order valence-electron chi connectivity index (χ1n) is 7.35. The van der Waals surface area contributed by atoms with Crippen molar-refractivity contribution in [2.75, 3.05) is 13.7 Å². The lowest BCUT2D eigenvalue weighted by molar-refractivity contribution is -0.121. The van der Waals surface area contributed by atoms with E-state index in [0.717, 1.165) is 12.0 Å². The van der Waals surface area contributed by atoms with Crippen molar-refractivity contribution in [1.82, 2.24) is 5.32 Å². The van der Waals surface area contributed by atoms with Crippen molar-refractivity contribution in [2.24, 2.45) is 0 Å². The van der Waals surface area contributed by atoms with Crippen molar-refractivity contribution in [3.8, 4) is 11.5 Å². The molecule has 0 aliphatic heterocycles. The minimum atomic E-state index is 0.0305. The van der Waals surface area contributed by atoms with E-state index < -0.39 is 0 Å². The molecular weight excluding hydrogens is 278 g/mol. The molecule has 0 saturated carbocycles. The van der Waals surface area contributed by atoms with E-state index in [2.05, 4.69) is 17.4 Å². The Morgan fingerprint density at radius 2 is 1.86 bits per heavy atom. The zero-order valence-electron chi connectivity index (χ0n) is 12.7. The Morgan fingerprint density at radius 3 is 2.59 bits per heavy atom. The second-order valence-electron chi connectivity index (χ2n) is 5.09. The SMILES string of the molecule is COc1cc(CCC(=O)NCCc2ccccc2)ccc1O. The van der Waals surface area contributed by atoms with E-state index in [9.17, 15) is 9.90 Å². The molecule has 0 atom stereocenters. The van der Waals surface area contributed by atoms with Gasteiger partial charge in [0, 0.05) is 13.0 Å². The zero-order chi connectivity index (χ0) is 15.8. The average molecular weight is 299 g/mol. The van der Waals surface area contributed by atoms with E-state index in [1.165, 1.54) is 12.7 Å². The number of rotatable bonds is 7. The van der Waals surface area contributed by atoms with Gasteiger partial charge in [0.2, 0.25) is 5.91 Å². The van der Waals surface area contributed by atoms with Crippen LogP contribution in [0.1, 0.15) is 17.5 Å². The monoisotopic (exact) mass is 299 g/mol. The minimum absolute atomic E-state index is 0.0305. The molecule has 0 heterocycles. The van der Waals surface area contributed by atoms with Crippen molar-refractivity contribution in [2.45, 2.75) is 19.3 Å². The van der Waals surface area contributed by atoms with E-state index in [1.807, 2.05) is 18.2 Å². The predicted molar refractivity (Wildman–Crippen MR) is 86.1 cm³/mol. The third-order valence-electron chi connectivity index (χ3n) is 3.46. The Labute approximate surface area is 130 Å². The summed E-state index contributed by atoms with van der Waals surface area (Å²) in [4.78, 5) is 11.8. The fourth-order valence-corrected chi connectivity index (χ4v) is 2.21. The number of aromatic hydroxyl groups is 1. The summed E-state index contributed by atoms with van der Waals surface area (Å²) in [6, 6.07) is 15.2. The quantitative estimate of drug-likeness (QED) is 0.826. The van der Waals surface area contributed by atoms with Crippen molar-refractivity contribution in [3.05, 3.63) is 59.7 Å². The molecule has 22 heavy (non-hydrogen) atoms. The van der Waals surface area contributed by atoms with Crippen molar-refractivity contribution in [1.29, 1.82) is 0 Å². The van der Waals surface area contributed by atoms with Crippen LogP contribution in [0.25, 0.3) is 0 Å². The summed E-state index contributed by atoms with van der Waals surface area (Å²) in [6.07, 6.45) is 1.87. The van der Waals surface area contributed by atoms with Gasteiger partial charge in [0.25, 0.3) is 0 Å². The number of hydrogen-bond acceptors (Lipinski definition) is 3. The highest BCUT2D eigenvalue weighted by Crippen LogP contribution is 2.26. The summed E-state index contributed by atoms with van der Waals surface area (Å²) < 4.78 is 5.06. The van der Waals surface area contributed by atoms with Gasteiger partial charge in [-0.25, -0.2) is 0 Å². The first-order chi connectivity index (χ1) is 10.7. The Morgan fingerprint density at radius 1 is 1.09 bits per heavy atom. The maximum Gasteiger partial charge on any atom is 0.220 e. The van der Waals surface area contributed by atoms with Crippen molar-refractivity contribution < 1.29 is 14.6 Å². The maximum absolute atomic E-state index is 11.8. The number of carbonyl (C=O) groups excluding carboxylic acids is 1. The molecule has 0 bridgehead atoms. The Kier molecular flexibility index (Phi) is 5.83. The van der Waals surface area contributed by atoms with E-state index in [1.54, 1.807) is 18.2 Å². The molecule has 1 amide bonds. The molecule has 116 valence electrons. The predicted octanol–water partition coefficient (Wildman–Crippen LogP) is 2.69. The zero-order valence-corrected chi connectivity index (χ0v) is 12.7. The lowest BCUT2D eigenvalue weighted by atomic mass is 10.1.